The fraction of sp³-hybridized carbons (Fsp3) is 0.182. The number of nitrogens with two attached hydrogens (primary N) is 1. The van der Waals surface area contributed by atoms with Crippen molar-refractivity contribution >= 4 is 10.9 Å². The summed E-state index contributed by atoms with van der Waals surface area (Å²) in [5.41, 5.74) is 7.80. The van der Waals surface area contributed by atoms with Crippen molar-refractivity contribution < 1.29 is 14.2 Å². The minimum absolute atomic E-state index is 0.0156. The van der Waals surface area contributed by atoms with Crippen LogP contribution in [0.25, 0.3) is 10.9 Å². The van der Waals surface area contributed by atoms with Crippen molar-refractivity contribution in [3.8, 4) is 23.3 Å². The van der Waals surface area contributed by atoms with Gasteiger partial charge in [0.2, 0.25) is 5.88 Å². The summed E-state index contributed by atoms with van der Waals surface area (Å²) in [6.07, 6.45) is 0. The Kier molecular flexibility index (Phi) is 4.40. The minimum Gasteiger partial charge on any atom is -0.493 e. The Balaban J connectivity index is 2.08. The van der Waals surface area contributed by atoms with Gasteiger partial charge in [-0.15, -0.1) is 0 Å². The number of para-hydroxylation sites is 1. The molecule has 1 aliphatic heterocycles. The highest BCUT2D eigenvalue weighted by Crippen LogP contribution is 2.44. The van der Waals surface area contributed by atoms with E-state index in [9.17, 15) is 10.1 Å². The highest BCUT2D eigenvalue weighted by Gasteiger charge is 2.35. The number of pyridine rings is 1. The highest BCUT2D eigenvalue weighted by atomic mass is 16.5. The van der Waals surface area contributed by atoms with E-state index in [1.54, 1.807) is 36.9 Å². The summed E-state index contributed by atoms with van der Waals surface area (Å²) in [7, 11) is 4.77. The van der Waals surface area contributed by atoms with Gasteiger partial charge in [0.1, 0.15) is 17.4 Å². The molecular formula is C22H19N3O4. The molecular weight excluding hydrogens is 370 g/mol. The van der Waals surface area contributed by atoms with Crippen LogP contribution in [-0.4, -0.2) is 18.8 Å². The molecule has 3 aromatic rings. The molecule has 0 saturated carbocycles. The number of fused-ring (bicyclic) bond motifs is 3. The molecule has 0 aliphatic carbocycles. The molecule has 2 heterocycles. The number of hydrogen-bond donors (Lipinski definition) is 1. The Morgan fingerprint density at radius 2 is 1.86 bits per heavy atom. The Morgan fingerprint density at radius 3 is 2.55 bits per heavy atom. The normalized spacial score (nSPS) is 15.4. The molecule has 4 rings (SSSR count). The molecule has 1 atom stereocenters. The molecule has 1 aromatic heterocycles. The summed E-state index contributed by atoms with van der Waals surface area (Å²) in [4.78, 5) is 13.3. The number of hydrogen-bond acceptors (Lipinski definition) is 6. The Morgan fingerprint density at radius 1 is 1.14 bits per heavy atom. The number of ether oxygens (including phenoxy) is 3. The van der Waals surface area contributed by atoms with Gasteiger partial charge in [0.15, 0.2) is 11.5 Å². The number of aryl methyl sites for hydroxylation is 1. The summed E-state index contributed by atoms with van der Waals surface area (Å²) >= 11 is 0. The third-order valence-electron chi connectivity index (χ3n) is 5.21. The zero-order chi connectivity index (χ0) is 20.7. The lowest BCUT2D eigenvalue weighted by molar-refractivity contribution is 0.354. The van der Waals surface area contributed by atoms with E-state index in [1.165, 1.54) is 7.11 Å². The molecule has 0 amide bonds. The van der Waals surface area contributed by atoms with E-state index in [0.717, 1.165) is 10.9 Å². The summed E-state index contributed by atoms with van der Waals surface area (Å²) in [5.74, 6) is 0.710. The van der Waals surface area contributed by atoms with E-state index in [4.69, 9.17) is 19.9 Å². The first-order chi connectivity index (χ1) is 14.0. The quantitative estimate of drug-likeness (QED) is 0.739. The van der Waals surface area contributed by atoms with Gasteiger partial charge in [0.25, 0.3) is 5.56 Å². The predicted molar refractivity (Wildman–Crippen MR) is 108 cm³/mol. The molecule has 1 aliphatic rings. The number of allylic oxidation sites excluding steroid dienone is 1. The van der Waals surface area contributed by atoms with E-state index in [-0.39, 0.29) is 17.0 Å². The van der Waals surface area contributed by atoms with Crippen LogP contribution in [0.15, 0.2) is 58.7 Å². The van der Waals surface area contributed by atoms with E-state index in [0.29, 0.717) is 28.4 Å². The standard InChI is InChI=1S/C22H19N3O4/c1-25-15-7-5-4-6-13(15)20-19(22(25)26)18(14(11-23)21(24)29-20)12-8-9-16(27-2)17(10-12)28-3/h4-10,18H,24H2,1-3H3. The number of methoxy groups -OCH3 is 2. The van der Waals surface area contributed by atoms with Crippen molar-refractivity contribution in [2.75, 3.05) is 14.2 Å². The fourth-order valence-electron chi connectivity index (χ4n) is 3.79. The van der Waals surface area contributed by atoms with E-state index in [2.05, 4.69) is 6.07 Å². The first kappa shape index (κ1) is 18.4. The second-order valence-corrected chi connectivity index (χ2v) is 6.66. The predicted octanol–water partition coefficient (Wildman–Crippen LogP) is 2.77. The maximum absolute atomic E-state index is 13.3. The lowest BCUT2D eigenvalue weighted by Gasteiger charge is -2.28. The van der Waals surface area contributed by atoms with Gasteiger partial charge in [0.05, 0.1) is 31.2 Å². The molecule has 7 nitrogen and oxygen atoms in total. The van der Waals surface area contributed by atoms with Crippen LogP contribution in [0.5, 0.6) is 17.2 Å². The van der Waals surface area contributed by atoms with Gasteiger partial charge < -0.3 is 24.5 Å². The zero-order valence-corrected chi connectivity index (χ0v) is 16.2. The second-order valence-electron chi connectivity index (χ2n) is 6.66. The van der Waals surface area contributed by atoms with Gasteiger partial charge in [-0.1, -0.05) is 18.2 Å². The molecule has 1 unspecified atom stereocenters. The van der Waals surface area contributed by atoms with Gasteiger partial charge >= 0.3 is 0 Å². The van der Waals surface area contributed by atoms with Gasteiger partial charge in [0, 0.05) is 12.4 Å². The monoisotopic (exact) mass is 389 g/mol. The fourth-order valence-corrected chi connectivity index (χ4v) is 3.79. The first-order valence-corrected chi connectivity index (χ1v) is 8.93. The summed E-state index contributed by atoms with van der Waals surface area (Å²) < 4.78 is 18.1. The molecule has 29 heavy (non-hydrogen) atoms. The third-order valence-corrected chi connectivity index (χ3v) is 5.21. The van der Waals surface area contributed by atoms with Gasteiger partial charge in [-0.3, -0.25) is 4.79 Å². The third kappa shape index (κ3) is 2.69. The van der Waals surface area contributed by atoms with Crippen LogP contribution in [0.2, 0.25) is 0 Å². The first-order valence-electron chi connectivity index (χ1n) is 8.93. The lowest BCUT2D eigenvalue weighted by atomic mass is 9.83. The Labute approximate surface area is 167 Å². The molecule has 0 saturated heterocycles. The van der Waals surface area contributed by atoms with Gasteiger partial charge in [-0.2, -0.15) is 5.26 Å². The molecule has 0 fully saturated rings. The van der Waals surface area contributed by atoms with Crippen LogP contribution < -0.4 is 25.5 Å². The van der Waals surface area contributed by atoms with Crippen molar-refractivity contribution in [1.82, 2.24) is 4.57 Å². The maximum Gasteiger partial charge on any atom is 0.258 e. The van der Waals surface area contributed by atoms with Crippen LogP contribution in [0.3, 0.4) is 0 Å². The van der Waals surface area contributed by atoms with Gasteiger partial charge in [-0.05, 0) is 29.8 Å². The number of nitriles is 1. The van der Waals surface area contributed by atoms with Crippen molar-refractivity contribution in [2.24, 2.45) is 12.8 Å². The van der Waals surface area contributed by atoms with Crippen LogP contribution in [0.4, 0.5) is 0 Å². The van der Waals surface area contributed by atoms with Crippen molar-refractivity contribution in [2.45, 2.75) is 5.92 Å². The largest absolute Gasteiger partial charge is 0.493 e. The lowest BCUT2D eigenvalue weighted by Crippen LogP contribution is -2.31. The molecule has 0 radical (unpaired) electrons. The molecule has 146 valence electrons. The van der Waals surface area contributed by atoms with E-state index < -0.39 is 5.92 Å². The average molecular weight is 389 g/mol. The number of aromatic nitrogens is 1. The van der Waals surface area contributed by atoms with Crippen LogP contribution in [0.1, 0.15) is 17.0 Å². The molecule has 7 heteroatoms. The van der Waals surface area contributed by atoms with Crippen LogP contribution in [-0.2, 0) is 7.05 Å². The molecule has 0 bridgehead atoms. The summed E-state index contributed by atoms with van der Waals surface area (Å²) in [6, 6.07) is 14.8. The van der Waals surface area contributed by atoms with Gasteiger partial charge in [-0.25, -0.2) is 0 Å². The molecule has 2 N–H and O–H groups in total. The topological polar surface area (TPSA) is 99.5 Å². The second kappa shape index (κ2) is 6.91. The minimum atomic E-state index is -0.688. The van der Waals surface area contributed by atoms with Crippen LogP contribution in [0, 0.1) is 11.3 Å². The Bertz CT molecular complexity index is 1270. The molecule has 2 aromatic carbocycles. The molecule has 0 spiro atoms. The Hall–Kier alpha value is -3.92. The average Bonchev–Trinajstić information content (AvgIpc) is 2.76. The smallest absolute Gasteiger partial charge is 0.258 e. The maximum atomic E-state index is 13.3. The van der Waals surface area contributed by atoms with Crippen LogP contribution >= 0.6 is 0 Å². The number of benzene rings is 2. The zero-order valence-electron chi connectivity index (χ0n) is 16.2. The van der Waals surface area contributed by atoms with Crippen molar-refractivity contribution in [1.29, 1.82) is 5.26 Å². The summed E-state index contributed by atoms with van der Waals surface area (Å²) in [6.45, 7) is 0. The van der Waals surface area contributed by atoms with Crippen molar-refractivity contribution in [3.05, 3.63) is 75.4 Å². The number of nitrogens with zero attached hydrogens (tertiary/aromatic N) is 2. The van der Waals surface area contributed by atoms with Crippen molar-refractivity contribution in [3.63, 3.8) is 0 Å². The van der Waals surface area contributed by atoms with E-state index >= 15 is 0 Å². The van der Waals surface area contributed by atoms with E-state index in [1.807, 2.05) is 24.3 Å². The number of rotatable bonds is 3. The summed E-state index contributed by atoms with van der Waals surface area (Å²) in [5, 5.41) is 10.5. The highest BCUT2D eigenvalue weighted by molar-refractivity contribution is 5.88. The SMILES string of the molecule is COc1ccc(C2C(C#N)=C(N)Oc3c2c(=O)n(C)c2ccccc32)cc1OC.